The second kappa shape index (κ2) is 6.45. The van der Waals surface area contributed by atoms with Crippen LogP contribution in [0, 0.1) is 5.82 Å². The maximum Gasteiger partial charge on any atom is 0.147 e. The number of hydrogen-bond donors (Lipinski definition) is 1. The first-order chi connectivity index (χ1) is 11.8. The number of hydrogen-bond acceptors (Lipinski definition) is 5. The lowest BCUT2D eigenvalue weighted by Crippen LogP contribution is -2.35. The number of fused-ring (bicyclic) bond motifs is 1. The number of phenolic OH excluding ortho intramolecular Hbond substituents is 1. The van der Waals surface area contributed by atoms with Gasteiger partial charge in [0.1, 0.15) is 17.1 Å². The summed E-state index contributed by atoms with van der Waals surface area (Å²) < 4.78 is 15.4. The summed E-state index contributed by atoms with van der Waals surface area (Å²) in [6.45, 7) is 1.74. The molecule has 6 heteroatoms. The second-order valence-electron chi connectivity index (χ2n) is 6.07. The van der Waals surface area contributed by atoms with E-state index >= 15 is 0 Å². The first kappa shape index (κ1) is 15.5. The summed E-state index contributed by atoms with van der Waals surface area (Å²) in [5, 5.41) is 10.8. The molecule has 1 atom stereocenters. The molecule has 24 heavy (non-hydrogen) atoms. The van der Waals surface area contributed by atoms with Gasteiger partial charge in [0.2, 0.25) is 0 Å². The van der Waals surface area contributed by atoms with Gasteiger partial charge in [-0.2, -0.15) is 0 Å². The summed E-state index contributed by atoms with van der Waals surface area (Å²) in [5.74, 6) is -0.208. The number of nitrogens with zero attached hydrogens (tertiary/aromatic N) is 3. The number of aromatic nitrogens is 2. The lowest BCUT2D eigenvalue weighted by Gasteiger charge is -2.34. The molecule has 1 aliphatic rings. The van der Waals surface area contributed by atoms with E-state index in [4.69, 9.17) is 0 Å². The highest BCUT2D eigenvalue weighted by molar-refractivity contribution is 7.16. The molecular formula is C18H18FN3OS. The van der Waals surface area contributed by atoms with Crippen molar-refractivity contribution in [1.29, 1.82) is 0 Å². The van der Waals surface area contributed by atoms with Gasteiger partial charge in [-0.15, -0.1) is 11.3 Å². The summed E-state index contributed by atoms with van der Waals surface area (Å²) in [5.41, 5.74) is 3.33. The molecule has 0 bridgehead atoms. The molecule has 4 nitrogen and oxygen atoms in total. The van der Waals surface area contributed by atoms with Crippen LogP contribution < -0.4 is 0 Å². The van der Waals surface area contributed by atoms with E-state index in [2.05, 4.69) is 14.9 Å². The van der Waals surface area contributed by atoms with E-state index in [9.17, 15) is 9.50 Å². The zero-order valence-corrected chi connectivity index (χ0v) is 14.0. The maximum absolute atomic E-state index is 14.5. The summed E-state index contributed by atoms with van der Waals surface area (Å²) in [6.07, 6.45) is 4.94. The summed E-state index contributed by atoms with van der Waals surface area (Å²) in [4.78, 5) is 10.8. The van der Waals surface area contributed by atoms with Crippen LogP contribution in [0.25, 0.3) is 10.2 Å². The van der Waals surface area contributed by atoms with E-state index in [0.717, 1.165) is 30.6 Å². The number of rotatable bonds is 3. The second-order valence-corrected chi connectivity index (χ2v) is 6.96. The Labute approximate surface area is 143 Å². The van der Waals surface area contributed by atoms with Crippen molar-refractivity contribution in [3.8, 4) is 5.75 Å². The Morgan fingerprint density at radius 1 is 1.12 bits per heavy atom. The standard InChI is InChI=1S/C18H18FN3OS/c19-13-5-4-8-20-15(13)17(22-9-2-1-3-10-22)12-6-7-14-16(18(12)23)21-11-24-14/h4-8,11,17,23H,1-3,9-10H2. The minimum absolute atomic E-state index is 0.134. The van der Waals surface area contributed by atoms with Crippen LogP contribution >= 0.6 is 11.3 Å². The normalized spacial score (nSPS) is 17.2. The van der Waals surface area contributed by atoms with Crippen molar-refractivity contribution in [3.05, 3.63) is 53.0 Å². The first-order valence-corrected chi connectivity index (χ1v) is 9.03. The smallest absolute Gasteiger partial charge is 0.147 e. The lowest BCUT2D eigenvalue weighted by atomic mass is 9.97. The number of aromatic hydroxyl groups is 1. The topological polar surface area (TPSA) is 49.3 Å². The number of phenols is 1. The fraction of sp³-hybridized carbons (Fsp3) is 0.333. The SMILES string of the molecule is Oc1c(C(c2ncccc2F)N2CCCCC2)ccc2scnc12. The van der Waals surface area contributed by atoms with E-state index in [-0.39, 0.29) is 11.6 Å². The Morgan fingerprint density at radius 3 is 2.75 bits per heavy atom. The minimum atomic E-state index is -0.391. The summed E-state index contributed by atoms with van der Waals surface area (Å²) in [7, 11) is 0. The monoisotopic (exact) mass is 343 g/mol. The zero-order valence-electron chi connectivity index (χ0n) is 13.2. The average molecular weight is 343 g/mol. The van der Waals surface area contributed by atoms with Crippen LogP contribution in [0.15, 0.2) is 36.0 Å². The fourth-order valence-corrected chi connectivity index (χ4v) is 4.12. The van der Waals surface area contributed by atoms with Gasteiger partial charge in [-0.3, -0.25) is 9.88 Å². The number of halogens is 1. The van der Waals surface area contributed by atoms with Crippen molar-refractivity contribution in [2.75, 3.05) is 13.1 Å². The number of benzene rings is 1. The van der Waals surface area contributed by atoms with Gasteiger partial charge in [0.25, 0.3) is 0 Å². The van der Waals surface area contributed by atoms with E-state index < -0.39 is 6.04 Å². The van der Waals surface area contributed by atoms with Gasteiger partial charge in [-0.1, -0.05) is 12.5 Å². The van der Waals surface area contributed by atoms with Crippen molar-refractivity contribution in [2.24, 2.45) is 0 Å². The number of piperidine rings is 1. The first-order valence-electron chi connectivity index (χ1n) is 8.15. The molecule has 0 saturated carbocycles. The largest absolute Gasteiger partial charge is 0.505 e. The highest BCUT2D eigenvalue weighted by Crippen LogP contribution is 2.39. The van der Waals surface area contributed by atoms with Crippen LogP contribution in [0.4, 0.5) is 4.39 Å². The predicted octanol–water partition coefficient (Wildman–Crippen LogP) is 4.11. The molecule has 3 heterocycles. The van der Waals surface area contributed by atoms with Gasteiger partial charge in [0.05, 0.1) is 21.9 Å². The van der Waals surface area contributed by atoms with Crippen molar-refractivity contribution < 1.29 is 9.50 Å². The van der Waals surface area contributed by atoms with Gasteiger partial charge in [-0.05, 0) is 44.1 Å². The van der Waals surface area contributed by atoms with Gasteiger partial charge >= 0.3 is 0 Å². The Balaban J connectivity index is 1.87. The van der Waals surface area contributed by atoms with Crippen LogP contribution in [0.1, 0.15) is 36.6 Å². The Morgan fingerprint density at radius 2 is 1.96 bits per heavy atom. The van der Waals surface area contributed by atoms with E-state index in [1.807, 2.05) is 12.1 Å². The van der Waals surface area contributed by atoms with Crippen molar-refractivity contribution in [2.45, 2.75) is 25.3 Å². The third kappa shape index (κ3) is 2.65. The molecule has 0 spiro atoms. The molecule has 3 aromatic rings. The van der Waals surface area contributed by atoms with E-state index in [1.165, 1.54) is 23.8 Å². The zero-order chi connectivity index (χ0) is 16.5. The van der Waals surface area contributed by atoms with Crippen LogP contribution in [0.5, 0.6) is 5.75 Å². The van der Waals surface area contributed by atoms with Crippen molar-refractivity contribution in [3.63, 3.8) is 0 Å². The minimum Gasteiger partial charge on any atom is -0.505 e. The van der Waals surface area contributed by atoms with Crippen molar-refractivity contribution >= 4 is 21.6 Å². The fourth-order valence-electron chi connectivity index (χ4n) is 3.45. The van der Waals surface area contributed by atoms with Gasteiger partial charge in [-0.25, -0.2) is 9.37 Å². The molecule has 1 saturated heterocycles. The molecule has 124 valence electrons. The van der Waals surface area contributed by atoms with Gasteiger partial charge < -0.3 is 5.11 Å². The molecule has 4 rings (SSSR count). The molecule has 1 aromatic carbocycles. The molecule has 1 fully saturated rings. The molecule has 0 aliphatic carbocycles. The van der Waals surface area contributed by atoms with Crippen LogP contribution in [-0.2, 0) is 0 Å². The Kier molecular flexibility index (Phi) is 4.16. The average Bonchev–Trinajstić information content (AvgIpc) is 3.09. The Hall–Kier alpha value is -2.05. The van der Waals surface area contributed by atoms with Crippen LogP contribution in [0.3, 0.4) is 0 Å². The molecule has 0 amide bonds. The molecule has 1 aliphatic heterocycles. The third-order valence-corrected chi connectivity index (χ3v) is 5.40. The molecule has 0 radical (unpaired) electrons. The Bertz CT molecular complexity index is 860. The summed E-state index contributed by atoms with van der Waals surface area (Å²) in [6, 6.07) is 6.45. The van der Waals surface area contributed by atoms with Crippen molar-refractivity contribution in [1.82, 2.24) is 14.9 Å². The van der Waals surface area contributed by atoms with Crippen LogP contribution in [0.2, 0.25) is 0 Å². The molecule has 2 aromatic heterocycles. The highest BCUT2D eigenvalue weighted by atomic mass is 32.1. The molecular weight excluding hydrogens is 325 g/mol. The third-order valence-electron chi connectivity index (χ3n) is 4.60. The quantitative estimate of drug-likeness (QED) is 0.777. The van der Waals surface area contributed by atoms with Crippen LogP contribution in [-0.4, -0.2) is 33.1 Å². The van der Waals surface area contributed by atoms with Gasteiger partial charge in [0.15, 0.2) is 0 Å². The number of likely N-dealkylation sites (tertiary alicyclic amines) is 1. The molecule has 1 unspecified atom stereocenters. The highest BCUT2D eigenvalue weighted by Gasteiger charge is 2.30. The summed E-state index contributed by atoms with van der Waals surface area (Å²) >= 11 is 1.48. The number of thiazole rings is 1. The van der Waals surface area contributed by atoms with E-state index in [1.54, 1.807) is 17.8 Å². The van der Waals surface area contributed by atoms with Gasteiger partial charge in [0, 0.05) is 11.8 Å². The molecule has 1 N–H and O–H groups in total. The van der Waals surface area contributed by atoms with E-state index in [0.29, 0.717) is 16.8 Å². The lowest BCUT2D eigenvalue weighted by molar-refractivity contribution is 0.179. The maximum atomic E-state index is 14.5. The predicted molar refractivity (Wildman–Crippen MR) is 92.7 cm³/mol. The number of pyridine rings is 1.